The Labute approximate surface area is 93.6 Å². The maximum atomic E-state index is 12.6. The van der Waals surface area contributed by atoms with Crippen molar-refractivity contribution in [2.75, 3.05) is 0 Å². The number of halogens is 4. The highest BCUT2D eigenvalue weighted by Gasteiger charge is 2.36. The van der Waals surface area contributed by atoms with Crippen LogP contribution in [0.1, 0.15) is 22.3 Å². The van der Waals surface area contributed by atoms with Crippen LogP contribution in [0.2, 0.25) is 0 Å². The number of hydrogen-bond acceptors (Lipinski definition) is 1. The minimum absolute atomic E-state index is 0.0816. The van der Waals surface area contributed by atoms with Gasteiger partial charge in [0.25, 0.3) is 0 Å². The predicted octanol–water partition coefficient (Wildman–Crippen LogP) is 3.78. The lowest BCUT2D eigenvalue weighted by Crippen LogP contribution is -2.11. The highest BCUT2D eigenvalue weighted by molar-refractivity contribution is 9.08. The number of aryl methyl sites for hydroxylation is 1. The average molecular weight is 278 g/mol. The van der Waals surface area contributed by atoms with E-state index in [0.29, 0.717) is 5.56 Å². The zero-order valence-corrected chi connectivity index (χ0v) is 9.41. The van der Waals surface area contributed by atoms with Crippen molar-refractivity contribution in [3.8, 4) is 6.07 Å². The number of rotatable bonds is 1. The third-order valence-corrected chi connectivity index (χ3v) is 2.52. The van der Waals surface area contributed by atoms with E-state index in [0.717, 1.165) is 0 Å². The van der Waals surface area contributed by atoms with E-state index in [4.69, 9.17) is 5.26 Å². The van der Waals surface area contributed by atoms with Gasteiger partial charge in [-0.2, -0.15) is 18.4 Å². The first kappa shape index (κ1) is 12.1. The van der Waals surface area contributed by atoms with Crippen molar-refractivity contribution in [1.82, 2.24) is 0 Å². The molecule has 0 atom stereocenters. The summed E-state index contributed by atoms with van der Waals surface area (Å²) in [4.78, 5) is 0. The van der Waals surface area contributed by atoms with Gasteiger partial charge in [-0.1, -0.05) is 22.0 Å². The van der Waals surface area contributed by atoms with Gasteiger partial charge >= 0.3 is 6.18 Å². The molecule has 0 spiro atoms. The molecule has 0 saturated carbocycles. The van der Waals surface area contributed by atoms with Crippen LogP contribution < -0.4 is 0 Å². The Bertz CT molecular complexity index is 418. The fraction of sp³-hybridized carbons (Fsp3) is 0.300. The maximum Gasteiger partial charge on any atom is 0.417 e. The Hall–Kier alpha value is -1.02. The first-order valence-corrected chi connectivity index (χ1v) is 5.19. The quantitative estimate of drug-likeness (QED) is 0.717. The van der Waals surface area contributed by atoms with Gasteiger partial charge in [0.1, 0.15) is 0 Å². The topological polar surface area (TPSA) is 23.8 Å². The van der Waals surface area contributed by atoms with Gasteiger partial charge in [0, 0.05) is 5.33 Å². The minimum Gasteiger partial charge on any atom is -0.192 e. The van der Waals surface area contributed by atoms with Crippen LogP contribution in [0.15, 0.2) is 12.1 Å². The van der Waals surface area contributed by atoms with E-state index >= 15 is 0 Å². The number of benzene rings is 1. The van der Waals surface area contributed by atoms with Crippen LogP contribution in [0.5, 0.6) is 0 Å². The Morgan fingerprint density at radius 2 is 2.00 bits per heavy atom. The fourth-order valence-electron chi connectivity index (χ4n) is 1.39. The van der Waals surface area contributed by atoms with Crippen LogP contribution in [0.3, 0.4) is 0 Å². The lowest BCUT2D eigenvalue weighted by atomic mass is 9.99. The van der Waals surface area contributed by atoms with Crippen LogP contribution >= 0.6 is 15.9 Å². The molecule has 0 aliphatic carbocycles. The van der Waals surface area contributed by atoms with Crippen molar-refractivity contribution >= 4 is 15.9 Å². The molecule has 80 valence electrons. The number of hydrogen-bond donors (Lipinski definition) is 0. The molecule has 0 aromatic heterocycles. The smallest absolute Gasteiger partial charge is 0.192 e. The van der Waals surface area contributed by atoms with E-state index in [1.807, 2.05) is 0 Å². The van der Waals surface area contributed by atoms with Gasteiger partial charge in [0.15, 0.2) is 0 Å². The van der Waals surface area contributed by atoms with Gasteiger partial charge < -0.3 is 0 Å². The SMILES string of the molecule is Cc1cc(C#N)c(C(F)(F)F)c(CBr)c1. The Morgan fingerprint density at radius 3 is 2.40 bits per heavy atom. The van der Waals surface area contributed by atoms with E-state index in [9.17, 15) is 13.2 Å². The first-order valence-electron chi connectivity index (χ1n) is 4.07. The number of nitrogens with zero attached hydrogens (tertiary/aromatic N) is 1. The van der Waals surface area contributed by atoms with Crippen molar-refractivity contribution in [2.45, 2.75) is 18.4 Å². The van der Waals surface area contributed by atoms with E-state index < -0.39 is 11.7 Å². The third-order valence-electron chi connectivity index (χ3n) is 1.91. The van der Waals surface area contributed by atoms with Crippen molar-refractivity contribution in [1.29, 1.82) is 5.26 Å². The van der Waals surface area contributed by atoms with E-state index in [1.54, 1.807) is 13.0 Å². The molecule has 0 fully saturated rings. The van der Waals surface area contributed by atoms with Crippen LogP contribution in [0.4, 0.5) is 13.2 Å². The summed E-state index contributed by atoms with van der Waals surface area (Å²) in [5, 5.41) is 8.74. The molecule has 0 bridgehead atoms. The number of nitriles is 1. The highest BCUT2D eigenvalue weighted by atomic mass is 79.9. The first-order chi connectivity index (χ1) is 6.90. The van der Waals surface area contributed by atoms with Gasteiger partial charge in [-0.3, -0.25) is 0 Å². The minimum atomic E-state index is -4.48. The third kappa shape index (κ3) is 2.51. The molecule has 0 N–H and O–H groups in total. The lowest BCUT2D eigenvalue weighted by Gasteiger charge is -2.13. The summed E-state index contributed by atoms with van der Waals surface area (Å²) in [5.41, 5.74) is -0.419. The molecule has 1 aromatic rings. The van der Waals surface area contributed by atoms with Crippen LogP contribution in [-0.4, -0.2) is 0 Å². The molecule has 0 aliphatic rings. The predicted molar refractivity (Wildman–Crippen MR) is 53.5 cm³/mol. The maximum absolute atomic E-state index is 12.6. The second kappa shape index (κ2) is 4.23. The standard InChI is InChI=1S/C10H7BrF3N/c1-6-2-7(4-11)9(10(12,13)14)8(3-6)5-15/h2-3H,4H2,1H3. The largest absolute Gasteiger partial charge is 0.417 e. The summed E-state index contributed by atoms with van der Waals surface area (Å²) in [6, 6.07) is 4.25. The van der Waals surface area contributed by atoms with Crippen molar-refractivity contribution in [2.24, 2.45) is 0 Å². The molecule has 1 rings (SSSR count). The summed E-state index contributed by atoms with van der Waals surface area (Å²) in [6.07, 6.45) is -4.48. The van der Waals surface area contributed by atoms with Crippen molar-refractivity contribution < 1.29 is 13.2 Å². The fourth-order valence-corrected chi connectivity index (χ4v) is 1.83. The molecule has 0 amide bonds. The van der Waals surface area contributed by atoms with Gasteiger partial charge in [0.05, 0.1) is 17.2 Å². The summed E-state index contributed by atoms with van der Waals surface area (Å²) in [6.45, 7) is 1.66. The van der Waals surface area contributed by atoms with E-state index in [-0.39, 0.29) is 16.5 Å². The molecular formula is C10H7BrF3N. The molecule has 0 unspecified atom stereocenters. The molecule has 0 radical (unpaired) electrons. The zero-order valence-electron chi connectivity index (χ0n) is 7.82. The Balaban J connectivity index is 3.53. The zero-order chi connectivity index (χ0) is 11.6. The van der Waals surface area contributed by atoms with Crippen molar-refractivity contribution in [3.63, 3.8) is 0 Å². The summed E-state index contributed by atoms with van der Waals surface area (Å²) >= 11 is 2.99. The second-order valence-corrected chi connectivity index (χ2v) is 3.65. The molecule has 0 aliphatic heterocycles. The van der Waals surface area contributed by atoms with Crippen LogP contribution in [-0.2, 0) is 11.5 Å². The van der Waals surface area contributed by atoms with Crippen LogP contribution in [0, 0.1) is 18.3 Å². The van der Waals surface area contributed by atoms with Gasteiger partial charge in [-0.05, 0) is 24.1 Å². The number of alkyl halides is 4. The summed E-state index contributed by atoms with van der Waals surface area (Å²) in [5.74, 6) is 0. The second-order valence-electron chi connectivity index (χ2n) is 3.09. The summed E-state index contributed by atoms with van der Waals surface area (Å²) < 4.78 is 37.9. The van der Waals surface area contributed by atoms with E-state index in [2.05, 4.69) is 15.9 Å². The van der Waals surface area contributed by atoms with Gasteiger partial charge in [-0.25, -0.2) is 0 Å². The molecule has 1 aromatic carbocycles. The molecule has 5 heteroatoms. The average Bonchev–Trinajstić information content (AvgIpc) is 2.14. The van der Waals surface area contributed by atoms with E-state index in [1.165, 1.54) is 12.1 Å². The highest BCUT2D eigenvalue weighted by Crippen LogP contribution is 2.36. The molecule has 0 saturated heterocycles. The molecular weight excluding hydrogens is 271 g/mol. The van der Waals surface area contributed by atoms with Crippen LogP contribution in [0.25, 0.3) is 0 Å². The lowest BCUT2D eigenvalue weighted by molar-refractivity contribution is -0.138. The normalized spacial score (nSPS) is 11.2. The Morgan fingerprint density at radius 1 is 1.40 bits per heavy atom. The van der Waals surface area contributed by atoms with Crippen molar-refractivity contribution in [3.05, 3.63) is 34.4 Å². The monoisotopic (exact) mass is 277 g/mol. The van der Waals surface area contributed by atoms with Gasteiger partial charge in [0.2, 0.25) is 0 Å². The van der Waals surface area contributed by atoms with Gasteiger partial charge in [-0.15, -0.1) is 0 Å². The molecule has 0 heterocycles. The Kier molecular flexibility index (Phi) is 3.40. The molecule has 15 heavy (non-hydrogen) atoms. The summed E-state index contributed by atoms with van der Waals surface area (Å²) in [7, 11) is 0. The molecule has 1 nitrogen and oxygen atoms in total.